The van der Waals surface area contributed by atoms with Gasteiger partial charge in [-0.1, -0.05) is 29.8 Å². The summed E-state index contributed by atoms with van der Waals surface area (Å²) in [5.41, 5.74) is 2.23. The SMILES string of the molecule is CC(C)Oc1ncc(C(=O)Nc2ccccc2CN2CCOCC2)cc1Cl. The highest BCUT2D eigenvalue weighted by Gasteiger charge is 2.16. The number of anilines is 1. The summed E-state index contributed by atoms with van der Waals surface area (Å²) in [5, 5.41) is 3.29. The maximum Gasteiger partial charge on any atom is 0.257 e. The lowest BCUT2D eigenvalue weighted by molar-refractivity contribution is 0.0342. The average molecular weight is 390 g/mol. The van der Waals surface area contributed by atoms with E-state index in [1.54, 1.807) is 6.07 Å². The number of carbonyl (C=O) groups is 1. The molecule has 6 nitrogen and oxygen atoms in total. The van der Waals surface area contributed by atoms with E-state index in [1.807, 2.05) is 38.1 Å². The summed E-state index contributed by atoms with van der Waals surface area (Å²) in [5.74, 6) is 0.0749. The lowest BCUT2D eigenvalue weighted by Crippen LogP contribution is -2.35. The van der Waals surface area contributed by atoms with Crippen molar-refractivity contribution in [2.45, 2.75) is 26.5 Å². The Balaban J connectivity index is 1.71. The molecule has 144 valence electrons. The van der Waals surface area contributed by atoms with Crippen LogP contribution in [0.15, 0.2) is 36.5 Å². The fraction of sp³-hybridized carbons (Fsp3) is 0.400. The minimum atomic E-state index is -0.255. The van der Waals surface area contributed by atoms with Gasteiger partial charge in [-0.15, -0.1) is 0 Å². The van der Waals surface area contributed by atoms with Crippen molar-refractivity contribution < 1.29 is 14.3 Å². The Kier molecular flexibility index (Phi) is 6.66. The molecule has 0 unspecified atom stereocenters. The molecule has 27 heavy (non-hydrogen) atoms. The first kappa shape index (κ1) is 19.6. The Morgan fingerprint density at radius 3 is 2.78 bits per heavy atom. The van der Waals surface area contributed by atoms with E-state index in [-0.39, 0.29) is 12.0 Å². The van der Waals surface area contributed by atoms with Crippen molar-refractivity contribution in [2.24, 2.45) is 0 Å². The van der Waals surface area contributed by atoms with Crippen LogP contribution in [0.1, 0.15) is 29.8 Å². The van der Waals surface area contributed by atoms with Crippen LogP contribution in [0, 0.1) is 0 Å². The van der Waals surface area contributed by atoms with Crippen molar-refractivity contribution in [3.63, 3.8) is 0 Å². The largest absolute Gasteiger partial charge is 0.474 e. The maximum atomic E-state index is 12.7. The highest BCUT2D eigenvalue weighted by molar-refractivity contribution is 6.32. The van der Waals surface area contributed by atoms with Crippen molar-refractivity contribution in [3.05, 3.63) is 52.7 Å². The number of amides is 1. The molecule has 0 saturated carbocycles. The van der Waals surface area contributed by atoms with Crippen molar-refractivity contribution >= 4 is 23.2 Å². The Hall–Kier alpha value is -2.15. The Bertz CT molecular complexity index is 792. The molecule has 1 aliphatic rings. The first-order valence-electron chi connectivity index (χ1n) is 9.04. The predicted molar refractivity (Wildman–Crippen MR) is 106 cm³/mol. The van der Waals surface area contributed by atoms with Gasteiger partial charge in [0.05, 0.1) is 24.9 Å². The zero-order valence-corrected chi connectivity index (χ0v) is 16.3. The number of hydrogen-bond donors (Lipinski definition) is 1. The first-order chi connectivity index (χ1) is 13.0. The zero-order chi connectivity index (χ0) is 19.2. The minimum Gasteiger partial charge on any atom is -0.474 e. The summed E-state index contributed by atoms with van der Waals surface area (Å²) in [6, 6.07) is 9.38. The van der Waals surface area contributed by atoms with Gasteiger partial charge in [0, 0.05) is 31.5 Å². The molecule has 2 heterocycles. The van der Waals surface area contributed by atoms with Crippen LogP contribution in [0.5, 0.6) is 5.88 Å². The highest BCUT2D eigenvalue weighted by atomic mass is 35.5. The second kappa shape index (κ2) is 9.17. The minimum absolute atomic E-state index is 0.0401. The molecule has 2 aromatic rings. The van der Waals surface area contributed by atoms with Crippen LogP contribution in [0.3, 0.4) is 0 Å². The van der Waals surface area contributed by atoms with Gasteiger partial charge in [0.15, 0.2) is 0 Å². The molecule has 7 heteroatoms. The summed E-state index contributed by atoms with van der Waals surface area (Å²) in [4.78, 5) is 19.1. The Labute approximate surface area is 164 Å². The van der Waals surface area contributed by atoms with Crippen molar-refractivity contribution in [3.8, 4) is 5.88 Å². The van der Waals surface area contributed by atoms with Crippen molar-refractivity contribution in [1.82, 2.24) is 9.88 Å². The topological polar surface area (TPSA) is 63.7 Å². The third kappa shape index (κ3) is 5.42. The fourth-order valence-corrected chi connectivity index (χ4v) is 3.05. The van der Waals surface area contributed by atoms with E-state index >= 15 is 0 Å². The van der Waals surface area contributed by atoms with Crippen LogP contribution < -0.4 is 10.1 Å². The van der Waals surface area contributed by atoms with E-state index in [2.05, 4.69) is 15.2 Å². The third-order valence-corrected chi connectivity index (χ3v) is 4.45. The standard InChI is InChI=1S/C20H24ClN3O3/c1-14(2)27-20-17(21)11-16(12-22-20)19(25)23-18-6-4-3-5-15(18)13-24-7-9-26-10-8-24/h3-6,11-12,14H,7-10,13H2,1-2H3,(H,23,25). The number of pyridine rings is 1. The van der Waals surface area contributed by atoms with Crippen molar-refractivity contribution in [1.29, 1.82) is 0 Å². The fourth-order valence-electron chi connectivity index (χ4n) is 2.83. The number of nitrogens with one attached hydrogen (secondary N) is 1. The summed E-state index contributed by atoms with van der Waals surface area (Å²) in [6.07, 6.45) is 1.44. The number of ether oxygens (including phenoxy) is 2. The lowest BCUT2D eigenvalue weighted by atomic mass is 10.1. The van der Waals surface area contributed by atoms with E-state index < -0.39 is 0 Å². The maximum absolute atomic E-state index is 12.7. The molecule has 0 radical (unpaired) electrons. The Morgan fingerprint density at radius 1 is 1.33 bits per heavy atom. The summed E-state index contributed by atoms with van der Waals surface area (Å²) in [6.45, 7) is 7.80. The molecular weight excluding hydrogens is 366 g/mol. The first-order valence-corrected chi connectivity index (χ1v) is 9.42. The Morgan fingerprint density at radius 2 is 2.07 bits per heavy atom. The molecule has 1 N–H and O–H groups in total. The number of benzene rings is 1. The van der Waals surface area contributed by atoms with Crippen LogP contribution >= 0.6 is 11.6 Å². The van der Waals surface area contributed by atoms with E-state index in [1.165, 1.54) is 6.20 Å². The number of nitrogens with zero attached hydrogens (tertiary/aromatic N) is 2. The van der Waals surface area contributed by atoms with Crippen LogP contribution in [-0.2, 0) is 11.3 Å². The second-order valence-corrected chi connectivity index (χ2v) is 7.08. The van der Waals surface area contributed by atoms with E-state index in [0.717, 1.165) is 44.1 Å². The molecule has 0 bridgehead atoms. The molecular formula is C20H24ClN3O3. The highest BCUT2D eigenvalue weighted by Crippen LogP contribution is 2.24. The average Bonchev–Trinajstić information content (AvgIpc) is 2.65. The summed E-state index contributed by atoms with van der Waals surface area (Å²) >= 11 is 6.19. The van der Waals surface area contributed by atoms with E-state index in [9.17, 15) is 4.79 Å². The molecule has 1 aliphatic heterocycles. The zero-order valence-electron chi connectivity index (χ0n) is 15.6. The van der Waals surface area contributed by atoms with Gasteiger partial charge < -0.3 is 14.8 Å². The van der Waals surface area contributed by atoms with Gasteiger partial charge in [-0.3, -0.25) is 9.69 Å². The van der Waals surface area contributed by atoms with Crippen LogP contribution in [-0.4, -0.2) is 48.2 Å². The molecule has 0 aliphatic carbocycles. The molecule has 3 rings (SSSR count). The quantitative estimate of drug-likeness (QED) is 0.817. The van der Waals surface area contributed by atoms with Gasteiger partial charge in [0.25, 0.3) is 5.91 Å². The molecule has 0 atom stereocenters. The van der Waals surface area contributed by atoms with Crippen LogP contribution in [0.4, 0.5) is 5.69 Å². The van der Waals surface area contributed by atoms with Crippen LogP contribution in [0.2, 0.25) is 5.02 Å². The number of hydrogen-bond acceptors (Lipinski definition) is 5. The molecule has 1 saturated heterocycles. The van der Waals surface area contributed by atoms with Gasteiger partial charge in [0.1, 0.15) is 5.02 Å². The van der Waals surface area contributed by atoms with Gasteiger partial charge in [0.2, 0.25) is 5.88 Å². The number of morpholine rings is 1. The van der Waals surface area contributed by atoms with Crippen molar-refractivity contribution in [2.75, 3.05) is 31.6 Å². The number of aromatic nitrogens is 1. The van der Waals surface area contributed by atoms with Gasteiger partial charge in [-0.25, -0.2) is 4.98 Å². The monoisotopic (exact) mass is 389 g/mol. The summed E-state index contributed by atoms with van der Waals surface area (Å²) in [7, 11) is 0. The van der Waals surface area contributed by atoms with E-state index in [4.69, 9.17) is 21.1 Å². The van der Waals surface area contributed by atoms with Gasteiger partial charge >= 0.3 is 0 Å². The molecule has 1 aromatic heterocycles. The van der Waals surface area contributed by atoms with Gasteiger partial charge in [-0.2, -0.15) is 0 Å². The second-order valence-electron chi connectivity index (χ2n) is 6.68. The normalized spacial score (nSPS) is 15.0. The summed E-state index contributed by atoms with van der Waals surface area (Å²) < 4.78 is 10.9. The molecule has 1 fully saturated rings. The molecule has 1 aromatic carbocycles. The number of carbonyl (C=O) groups excluding carboxylic acids is 1. The molecule has 0 spiro atoms. The van der Waals surface area contributed by atoms with Gasteiger partial charge in [-0.05, 0) is 31.5 Å². The lowest BCUT2D eigenvalue weighted by Gasteiger charge is -2.27. The van der Waals surface area contributed by atoms with Crippen LogP contribution in [0.25, 0.3) is 0 Å². The number of para-hydroxylation sites is 1. The molecule has 1 amide bonds. The smallest absolute Gasteiger partial charge is 0.257 e. The number of rotatable bonds is 6. The number of halogens is 1. The predicted octanol–water partition coefficient (Wildman–Crippen LogP) is 3.61. The van der Waals surface area contributed by atoms with E-state index in [0.29, 0.717) is 16.5 Å². The third-order valence-electron chi connectivity index (χ3n) is 4.18.